The number of benzene rings is 2. The van der Waals surface area contributed by atoms with Gasteiger partial charge in [0.2, 0.25) is 29.5 Å². The molecule has 0 aliphatic carbocycles. The van der Waals surface area contributed by atoms with Crippen molar-refractivity contribution in [1.82, 2.24) is 26.6 Å². The molecule has 13 heteroatoms. The Labute approximate surface area is 296 Å². The minimum Gasteiger partial charge on any atom is -0.370 e. The van der Waals surface area contributed by atoms with Crippen LogP contribution >= 0.6 is 0 Å². The van der Waals surface area contributed by atoms with E-state index in [9.17, 15) is 24.0 Å². The van der Waals surface area contributed by atoms with Crippen LogP contribution in [0.5, 0.6) is 0 Å². The molecule has 0 fully saturated rings. The van der Waals surface area contributed by atoms with Gasteiger partial charge in [0.25, 0.3) is 0 Å². The highest BCUT2D eigenvalue weighted by molar-refractivity contribution is 5.93. The summed E-state index contributed by atoms with van der Waals surface area (Å²) in [7, 11) is 0. The zero-order valence-corrected chi connectivity index (χ0v) is 30.3. The van der Waals surface area contributed by atoms with Crippen molar-refractivity contribution in [2.75, 3.05) is 13.1 Å². The number of nitrogens with zero attached hydrogens (tertiary/aromatic N) is 1. The van der Waals surface area contributed by atoms with E-state index in [1.807, 2.05) is 88.4 Å². The molecule has 0 bridgehead atoms. The predicted molar refractivity (Wildman–Crippen MR) is 196 cm³/mol. The van der Waals surface area contributed by atoms with Crippen molar-refractivity contribution in [1.29, 1.82) is 0 Å². The van der Waals surface area contributed by atoms with Gasteiger partial charge in [-0.3, -0.25) is 29.0 Å². The third-order valence-electron chi connectivity index (χ3n) is 8.11. The van der Waals surface area contributed by atoms with E-state index in [4.69, 9.17) is 11.5 Å². The first kappa shape index (κ1) is 41.2. The average molecular weight is 693 g/mol. The lowest BCUT2D eigenvalue weighted by Gasteiger charge is -2.32. The van der Waals surface area contributed by atoms with Crippen LogP contribution in [0.25, 0.3) is 0 Å². The zero-order valence-electron chi connectivity index (χ0n) is 30.3. The van der Waals surface area contributed by atoms with Crippen LogP contribution in [0, 0.1) is 11.8 Å². The topological polar surface area (TPSA) is 210 Å². The molecule has 0 saturated heterocycles. The lowest BCUT2D eigenvalue weighted by atomic mass is 9.91. The number of aliphatic imine (C=N–C) groups is 1. The van der Waals surface area contributed by atoms with Gasteiger partial charge >= 0.3 is 0 Å². The molecule has 0 saturated carbocycles. The summed E-state index contributed by atoms with van der Waals surface area (Å²) in [5.74, 6) is -2.09. The third kappa shape index (κ3) is 15.1. The molecule has 13 nitrogen and oxygen atoms in total. The van der Waals surface area contributed by atoms with Crippen molar-refractivity contribution in [2.24, 2.45) is 28.3 Å². The second-order valence-electron chi connectivity index (χ2n) is 13.7. The first-order valence-corrected chi connectivity index (χ1v) is 17.2. The molecule has 0 aliphatic heterocycles. The number of hydrogen-bond acceptors (Lipinski definition) is 6. The maximum atomic E-state index is 13.8. The number of hydrogen-bond donors (Lipinski definition) is 7. The van der Waals surface area contributed by atoms with Crippen molar-refractivity contribution >= 4 is 35.5 Å². The molecule has 274 valence electrons. The minimum absolute atomic E-state index is 0.0487. The molecule has 50 heavy (non-hydrogen) atoms. The number of carbonyl (C=O) groups is 5. The van der Waals surface area contributed by atoms with Crippen molar-refractivity contribution in [2.45, 2.75) is 97.3 Å². The predicted octanol–water partition coefficient (Wildman–Crippen LogP) is 1.69. The van der Waals surface area contributed by atoms with Gasteiger partial charge in [-0.1, -0.05) is 88.4 Å². The molecule has 0 unspecified atom stereocenters. The molecule has 5 amide bonds. The van der Waals surface area contributed by atoms with Gasteiger partial charge in [-0.2, -0.15) is 0 Å². The summed E-state index contributed by atoms with van der Waals surface area (Å²) < 4.78 is 0. The molecule has 0 aliphatic rings. The largest absolute Gasteiger partial charge is 0.370 e. The van der Waals surface area contributed by atoms with Gasteiger partial charge in [0.15, 0.2) is 5.96 Å². The summed E-state index contributed by atoms with van der Waals surface area (Å²) in [4.78, 5) is 69.9. The maximum Gasteiger partial charge on any atom is 0.245 e. The third-order valence-corrected chi connectivity index (χ3v) is 8.11. The number of amides is 5. The van der Waals surface area contributed by atoms with Crippen molar-refractivity contribution in [3.05, 3.63) is 71.8 Å². The highest BCUT2D eigenvalue weighted by Gasteiger charge is 2.35. The molecule has 2 aromatic carbocycles. The number of rotatable bonds is 20. The van der Waals surface area contributed by atoms with Gasteiger partial charge < -0.3 is 38.1 Å². The average Bonchev–Trinajstić information content (AvgIpc) is 3.03. The zero-order chi connectivity index (χ0) is 37.3. The van der Waals surface area contributed by atoms with Crippen molar-refractivity contribution < 1.29 is 24.0 Å². The molecule has 2 rings (SSSR count). The van der Waals surface area contributed by atoms with E-state index in [-0.39, 0.29) is 62.0 Å². The van der Waals surface area contributed by atoms with Gasteiger partial charge in [0.1, 0.15) is 17.6 Å². The minimum atomic E-state index is -1.23. The Kier molecular flexibility index (Phi) is 16.9. The highest BCUT2D eigenvalue weighted by atomic mass is 16.2. The Hall–Kier alpha value is -4.94. The number of guanidine groups is 1. The Morgan fingerprint density at radius 3 is 1.92 bits per heavy atom. The lowest BCUT2D eigenvalue weighted by Crippen LogP contribution is -2.60. The van der Waals surface area contributed by atoms with E-state index in [2.05, 4.69) is 31.6 Å². The SMILES string of the molecule is CC(=O)N[C@](C)(Cc1ccccc1)C(=O)NC[C@@H](NC(=O)[C@H](CC(C)C)NC(=O)[C@H](CCCN=C(N)N)NC(=O)Cc1ccccc1)C(C)C. The fourth-order valence-corrected chi connectivity index (χ4v) is 5.48. The van der Waals surface area contributed by atoms with Crippen LogP contribution in [0.15, 0.2) is 65.7 Å². The summed E-state index contributed by atoms with van der Waals surface area (Å²) in [6.07, 6.45) is 1.36. The molecule has 2 aromatic rings. The molecule has 4 atom stereocenters. The number of nitrogens with one attached hydrogen (secondary N) is 5. The van der Waals surface area contributed by atoms with E-state index in [1.54, 1.807) is 6.92 Å². The van der Waals surface area contributed by atoms with Crippen LogP contribution in [0.3, 0.4) is 0 Å². The Balaban J connectivity index is 2.17. The molecule has 9 N–H and O–H groups in total. The maximum absolute atomic E-state index is 13.8. The fraction of sp³-hybridized carbons (Fsp3) is 0.514. The van der Waals surface area contributed by atoms with Gasteiger partial charge in [-0.25, -0.2) is 0 Å². The van der Waals surface area contributed by atoms with Crippen LogP contribution in [0.1, 0.15) is 71.9 Å². The molecule has 0 aromatic heterocycles. The summed E-state index contributed by atoms with van der Waals surface area (Å²) in [5.41, 5.74) is 11.3. The molecule has 0 heterocycles. The Morgan fingerprint density at radius 1 is 0.800 bits per heavy atom. The smallest absolute Gasteiger partial charge is 0.245 e. The second kappa shape index (κ2) is 20.5. The van der Waals surface area contributed by atoms with E-state index in [0.29, 0.717) is 12.8 Å². The van der Waals surface area contributed by atoms with E-state index < -0.39 is 41.4 Å². The second-order valence-corrected chi connectivity index (χ2v) is 13.7. The molecule has 0 radical (unpaired) electrons. The van der Waals surface area contributed by atoms with Crippen LogP contribution in [0.4, 0.5) is 0 Å². The quantitative estimate of drug-likeness (QED) is 0.0620. The van der Waals surface area contributed by atoms with Crippen LogP contribution in [-0.4, -0.2) is 72.2 Å². The normalized spacial score (nSPS) is 14.0. The summed E-state index contributed by atoms with van der Waals surface area (Å²) in [6.45, 7) is 11.1. The van der Waals surface area contributed by atoms with Gasteiger partial charge in [0.05, 0.1) is 6.42 Å². The van der Waals surface area contributed by atoms with Gasteiger partial charge in [-0.05, 0) is 49.1 Å². The first-order chi connectivity index (χ1) is 23.6. The Bertz CT molecular complexity index is 1430. The summed E-state index contributed by atoms with van der Waals surface area (Å²) >= 11 is 0. The molecule has 0 spiro atoms. The summed E-state index contributed by atoms with van der Waals surface area (Å²) in [5, 5.41) is 14.4. The standard InChI is InChI=1S/C37H56N8O5/c1-24(2)20-30(43-33(48)29(18-13-19-40-36(38)39)42-32(47)21-27-14-9-7-10-15-27)34(49)44-31(25(3)4)23-41-35(50)37(6,45-26(5)46)22-28-16-11-8-12-17-28/h7-12,14-17,24-25,29-31H,13,18-23H2,1-6H3,(H,41,50)(H,42,47)(H,43,48)(H,44,49)(H,45,46)(H4,38,39,40)/t29-,30-,31+,37+/m0/s1. The van der Waals surface area contributed by atoms with Crippen molar-refractivity contribution in [3.63, 3.8) is 0 Å². The monoisotopic (exact) mass is 692 g/mol. The van der Waals surface area contributed by atoms with Crippen LogP contribution in [0.2, 0.25) is 0 Å². The van der Waals surface area contributed by atoms with Crippen molar-refractivity contribution in [3.8, 4) is 0 Å². The lowest BCUT2D eigenvalue weighted by molar-refractivity contribution is -0.133. The molecular formula is C37H56N8O5. The van der Waals surface area contributed by atoms with Gasteiger partial charge in [0, 0.05) is 32.5 Å². The fourth-order valence-electron chi connectivity index (χ4n) is 5.48. The van der Waals surface area contributed by atoms with E-state index >= 15 is 0 Å². The Morgan fingerprint density at radius 2 is 1.38 bits per heavy atom. The number of nitrogens with two attached hydrogens (primary N) is 2. The highest BCUT2D eigenvalue weighted by Crippen LogP contribution is 2.15. The van der Waals surface area contributed by atoms with Gasteiger partial charge in [-0.15, -0.1) is 0 Å². The van der Waals surface area contributed by atoms with Crippen LogP contribution in [-0.2, 0) is 36.8 Å². The number of carbonyl (C=O) groups excluding carboxylic acids is 5. The summed E-state index contributed by atoms with van der Waals surface area (Å²) in [6, 6.07) is 16.2. The van der Waals surface area contributed by atoms with Crippen LogP contribution < -0.4 is 38.1 Å². The first-order valence-electron chi connectivity index (χ1n) is 17.2. The molecular weight excluding hydrogens is 636 g/mol. The van der Waals surface area contributed by atoms with E-state index in [0.717, 1.165) is 11.1 Å². The van der Waals surface area contributed by atoms with E-state index in [1.165, 1.54) is 6.92 Å².